The molecule has 0 radical (unpaired) electrons. The quantitative estimate of drug-likeness (QED) is 0.707. The first-order chi connectivity index (χ1) is 7.38. The summed E-state index contributed by atoms with van der Waals surface area (Å²) in [5.74, 6) is -0.478. The van der Waals surface area contributed by atoms with Crippen LogP contribution >= 0.6 is 0 Å². The second kappa shape index (κ2) is 6.51. The van der Waals surface area contributed by atoms with Crippen molar-refractivity contribution in [2.75, 3.05) is 6.61 Å². The van der Waals surface area contributed by atoms with Crippen LogP contribution < -0.4 is 5.32 Å². The first kappa shape index (κ1) is 14.9. The lowest BCUT2D eigenvalue weighted by molar-refractivity contribution is -0.154. The minimum absolute atomic E-state index is 0.00708. The maximum atomic E-state index is 11.8. The van der Waals surface area contributed by atoms with Crippen LogP contribution in [-0.2, 0) is 14.3 Å². The molecule has 0 unspecified atom stereocenters. The summed E-state index contributed by atoms with van der Waals surface area (Å²) in [7, 11) is 0. The van der Waals surface area contributed by atoms with Gasteiger partial charge < -0.3 is 10.1 Å². The number of rotatable bonds is 6. The summed E-state index contributed by atoms with van der Waals surface area (Å²) in [6.07, 6.45) is 1.20. The first-order valence-electron chi connectivity index (χ1n) is 5.86. The molecule has 94 valence electrons. The molecule has 0 saturated carbocycles. The van der Waals surface area contributed by atoms with Gasteiger partial charge in [0.1, 0.15) is 5.54 Å². The third kappa shape index (κ3) is 3.83. The van der Waals surface area contributed by atoms with Crippen LogP contribution in [0, 0.1) is 5.92 Å². The van der Waals surface area contributed by atoms with Crippen molar-refractivity contribution in [2.24, 2.45) is 5.92 Å². The van der Waals surface area contributed by atoms with Crippen LogP contribution in [0.4, 0.5) is 0 Å². The number of carbonyl (C=O) groups is 2. The van der Waals surface area contributed by atoms with Gasteiger partial charge >= 0.3 is 5.97 Å². The van der Waals surface area contributed by atoms with Gasteiger partial charge in [-0.1, -0.05) is 20.8 Å². The van der Waals surface area contributed by atoms with Gasteiger partial charge in [0.15, 0.2) is 0 Å². The Labute approximate surface area is 97.7 Å². The van der Waals surface area contributed by atoms with E-state index in [-0.39, 0.29) is 17.8 Å². The van der Waals surface area contributed by atoms with Gasteiger partial charge in [-0.05, 0) is 26.2 Å². The molecule has 0 rings (SSSR count). The van der Waals surface area contributed by atoms with Gasteiger partial charge in [0, 0.05) is 6.42 Å². The van der Waals surface area contributed by atoms with Crippen LogP contribution in [0.1, 0.15) is 47.5 Å². The van der Waals surface area contributed by atoms with E-state index in [2.05, 4.69) is 5.32 Å². The number of hydrogen-bond donors (Lipinski definition) is 1. The predicted octanol–water partition coefficient (Wildman–Crippen LogP) is 1.88. The summed E-state index contributed by atoms with van der Waals surface area (Å²) < 4.78 is 4.99. The highest BCUT2D eigenvalue weighted by molar-refractivity contribution is 5.87. The molecule has 1 N–H and O–H groups in total. The molecule has 0 bridgehead atoms. The zero-order valence-electron chi connectivity index (χ0n) is 10.9. The largest absolute Gasteiger partial charge is 0.464 e. The Hall–Kier alpha value is -1.06. The molecule has 0 aromatic rings. The van der Waals surface area contributed by atoms with Crippen molar-refractivity contribution >= 4 is 11.9 Å². The molecule has 1 atom stereocenters. The standard InChI is InChI=1S/C12H23NO3/c1-6-8-10(14)13-12(5,9(3)4)11(15)16-7-2/h9H,6-8H2,1-5H3,(H,13,14)/t12-/m1/s1. The minimum Gasteiger partial charge on any atom is -0.464 e. The van der Waals surface area contributed by atoms with Crippen LogP contribution in [0.3, 0.4) is 0 Å². The predicted molar refractivity (Wildman–Crippen MR) is 62.9 cm³/mol. The van der Waals surface area contributed by atoms with Crippen LogP contribution in [0.15, 0.2) is 0 Å². The maximum absolute atomic E-state index is 11.8. The molecule has 0 aliphatic carbocycles. The Morgan fingerprint density at radius 1 is 1.31 bits per heavy atom. The van der Waals surface area contributed by atoms with E-state index >= 15 is 0 Å². The molecule has 0 aromatic carbocycles. The zero-order valence-corrected chi connectivity index (χ0v) is 10.9. The number of ether oxygens (including phenoxy) is 1. The molecule has 16 heavy (non-hydrogen) atoms. The van der Waals surface area contributed by atoms with E-state index in [1.807, 2.05) is 20.8 Å². The summed E-state index contributed by atoms with van der Waals surface area (Å²) in [6.45, 7) is 9.50. The fraction of sp³-hybridized carbons (Fsp3) is 0.833. The molecule has 4 nitrogen and oxygen atoms in total. The molecule has 0 aromatic heterocycles. The topological polar surface area (TPSA) is 55.4 Å². The lowest BCUT2D eigenvalue weighted by atomic mass is 9.88. The minimum atomic E-state index is -0.928. The number of hydrogen-bond acceptors (Lipinski definition) is 3. The highest BCUT2D eigenvalue weighted by Crippen LogP contribution is 2.18. The van der Waals surface area contributed by atoms with Gasteiger partial charge in [-0.15, -0.1) is 0 Å². The van der Waals surface area contributed by atoms with Crippen molar-refractivity contribution in [3.05, 3.63) is 0 Å². The summed E-state index contributed by atoms with van der Waals surface area (Å²) in [5.41, 5.74) is -0.928. The van der Waals surface area contributed by atoms with E-state index in [0.29, 0.717) is 13.0 Å². The lowest BCUT2D eigenvalue weighted by Gasteiger charge is -2.32. The number of esters is 1. The Morgan fingerprint density at radius 2 is 1.88 bits per heavy atom. The lowest BCUT2D eigenvalue weighted by Crippen LogP contribution is -2.56. The van der Waals surface area contributed by atoms with E-state index in [4.69, 9.17) is 4.74 Å². The SMILES string of the molecule is CCCC(=O)N[C@@](C)(C(=O)OCC)C(C)C. The van der Waals surface area contributed by atoms with E-state index < -0.39 is 5.54 Å². The fourth-order valence-corrected chi connectivity index (χ4v) is 1.29. The average molecular weight is 229 g/mol. The summed E-state index contributed by atoms with van der Waals surface area (Å²) in [4.78, 5) is 23.4. The Morgan fingerprint density at radius 3 is 2.25 bits per heavy atom. The van der Waals surface area contributed by atoms with Gasteiger partial charge in [-0.2, -0.15) is 0 Å². The molecular weight excluding hydrogens is 206 g/mol. The molecule has 0 aliphatic rings. The van der Waals surface area contributed by atoms with Crippen LogP contribution in [0.2, 0.25) is 0 Å². The molecule has 0 fully saturated rings. The van der Waals surface area contributed by atoms with E-state index in [1.54, 1.807) is 13.8 Å². The van der Waals surface area contributed by atoms with Gasteiger partial charge in [0.25, 0.3) is 0 Å². The Kier molecular flexibility index (Phi) is 6.08. The van der Waals surface area contributed by atoms with Crippen molar-refractivity contribution in [2.45, 2.75) is 53.0 Å². The molecule has 0 saturated heterocycles. The monoisotopic (exact) mass is 229 g/mol. The second-order valence-electron chi connectivity index (χ2n) is 4.38. The summed E-state index contributed by atoms with van der Waals surface area (Å²) in [5, 5.41) is 2.76. The number of amides is 1. The Balaban J connectivity index is 4.69. The second-order valence-corrected chi connectivity index (χ2v) is 4.38. The molecule has 0 aliphatic heterocycles. The number of nitrogens with one attached hydrogen (secondary N) is 1. The van der Waals surface area contributed by atoms with Crippen LogP contribution in [-0.4, -0.2) is 24.0 Å². The molecule has 1 amide bonds. The first-order valence-corrected chi connectivity index (χ1v) is 5.86. The smallest absolute Gasteiger partial charge is 0.331 e. The molecule has 0 spiro atoms. The molecular formula is C12H23NO3. The molecule has 0 heterocycles. The van der Waals surface area contributed by atoms with E-state index in [9.17, 15) is 9.59 Å². The van der Waals surface area contributed by atoms with Crippen molar-refractivity contribution in [1.82, 2.24) is 5.32 Å². The van der Waals surface area contributed by atoms with Gasteiger partial charge in [0.05, 0.1) is 6.61 Å². The van der Waals surface area contributed by atoms with Gasteiger partial charge in [-0.25, -0.2) is 4.79 Å². The third-order valence-electron chi connectivity index (χ3n) is 2.73. The normalized spacial score (nSPS) is 14.4. The average Bonchev–Trinajstić information content (AvgIpc) is 2.17. The van der Waals surface area contributed by atoms with Crippen molar-refractivity contribution in [3.63, 3.8) is 0 Å². The van der Waals surface area contributed by atoms with E-state index in [1.165, 1.54) is 0 Å². The highest BCUT2D eigenvalue weighted by Gasteiger charge is 2.39. The third-order valence-corrected chi connectivity index (χ3v) is 2.73. The zero-order chi connectivity index (χ0) is 12.8. The maximum Gasteiger partial charge on any atom is 0.331 e. The van der Waals surface area contributed by atoms with Crippen molar-refractivity contribution in [3.8, 4) is 0 Å². The van der Waals surface area contributed by atoms with Gasteiger partial charge in [0.2, 0.25) is 5.91 Å². The number of carbonyl (C=O) groups excluding carboxylic acids is 2. The van der Waals surface area contributed by atoms with Gasteiger partial charge in [-0.3, -0.25) is 4.79 Å². The highest BCUT2D eigenvalue weighted by atomic mass is 16.5. The van der Waals surface area contributed by atoms with Crippen molar-refractivity contribution in [1.29, 1.82) is 0 Å². The fourth-order valence-electron chi connectivity index (χ4n) is 1.29. The van der Waals surface area contributed by atoms with Crippen LogP contribution in [0.5, 0.6) is 0 Å². The Bertz CT molecular complexity index is 251. The van der Waals surface area contributed by atoms with Crippen LogP contribution in [0.25, 0.3) is 0 Å². The summed E-state index contributed by atoms with van der Waals surface area (Å²) >= 11 is 0. The summed E-state index contributed by atoms with van der Waals surface area (Å²) in [6, 6.07) is 0. The van der Waals surface area contributed by atoms with Crippen molar-refractivity contribution < 1.29 is 14.3 Å². The van der Waals surface area contributed by atoms with E-state index in [0.717, 1.165) is 6.42 Å². The molecule has 4 heteroatoms.